The van der Waals surface area contributed by atoms with E-state index < -0.39 is 0 Å². The predicted molar refractivity (Wildman–Crippen MR) is 94.4 cm³/mol. The van der Waals surface area contributed by atoms with Gasteiger partial charge in [0.25, 0.3) is 5.91 Å². The van der Waals surface area contributed by atoms with Crippen molar-refractivity contribution >= 4 is 11.6 Å². The van der Waals surface area contributed by atoms with Crippen LogP contribution in [0.25, 0.3) is 5.65 Å². The molecule has 25 heavy (non-hydrogen) atoms. The van der Waals surface area contributed by atoms with Crippen LogP contribution in [0.5, 0.6) is 0 Å². The minimum atomic E-state index is 0.0822. The molecule has 2 aliphatic carbocycles. The van der Waals surface area contributed by atoms with Crippen molar-refractivity contribution < 1.29 is 4.79 Å². The van der Waals surface area contributed by atoms with Crippen LogP contribution in [-0.4, -0.2) is 62.5 Å². The molecule has 3 atom stereocenters. The van der Waals surface area contributed by atoms with Crippen LogP contribution in [0.15, 0.2) is 18.5 Å². The summed E-state index contributed by atoms with van der Waals surface area (Å²) in [7, 11) is 0. The summed E-state index contributed by atoms with van der Waals surface area (Å²) in [5.41, 5.74) is 2.09. The molecule has 6 nitrogen and oxygen atoms in total. The minimum absolute atomic E-state index is 0.0822. The summed E-state index contributed by atoms with van der Waals surface area (Å²) < 4.78 is 1.70. The lowest BCUT2D eigenvalue weighted by molar-refractivity contribution is 0.0496. The fourth-order valence-electron chi connectivity index (χ4n) is 5.32. The summed E-state index contributed by atoms with van der Waals surface area (Å²) in [6.45, 7) is 5.54. The Balaban J connectivity index is 1.30. The summed E-state index contributed by atoms with van der Waals surface area (Å²) in [6, 6.07) is 2.61. The smallest absolute Gasteiger partial charge is 0.259 e. The Hall–Kier alpha value is -1.95. The molecule has 2 saturated carbocycles. The van der Waals surface area contributed by atoms with Crippen LogP contribution < -0.4 is 0 Å². The Morgan fingerprint density at radius 1 is 1.16 bits per heavy atom. The zero-order valence-electron chi connectivity index (χ0n) is 14.8. The van der Waals surface area contributed by atoms with Crippen molar-refractivity contribution in [2.45, 2.75) is 38.6 Å². The van der Waals surface area contributed by atoms with Crippen molar-refractivity contribution in [3.63, 3.8) is 0 Å². The molecule has 5 rings (SSSR count). The van der Waals surface area contributed by atoms with Crippen LogP contribution in [0.2, 0.25) is 0 Å². The van der Waals surface area contributed by atoms with E-state index in [0.29, 0.717) is 11.2 Å². The predicted octanol–water partition coefficient (Wildman–Crippen LogP) is 1.98. The van der Waals surface area contributed by atoms with Crippen molar-refractivity contribution in [1.82, 2.24) is 24.4 Å². The van der Waals surface area contributed by atoms with E-state index in [4.69, 9.17) is 0 Å². The Bertz CT molecular complexity index is 807. The van der Waals surface area contributed by atoms with Crippen molar-refractivity contribution in [1.29, 1.82) is 0 Å². The number of carbonyl (C=O) groups is 1. The van der Waals surface area contributed by atoms with E-state index in [0.717, 1.165) is 49.8 Å². The largest absolute Gasteiger partial charge is 0.336 e. The quantitative estimate of drug-likeness (QED) is 0.840. The maximum atomic E-state index is 13.1. The molecular weight excluding hydrogens is 314 g/mol. The summed E-state index contributed by atoms with van der Waals surface area (Å²) in [5.74, 6) is 1.97. The first-order valence-corrected chi connectivity index (χ1v) is 9.54. The SMILES string of the molecule is Cc1nn2cccnc2c1C(=O)N1CCN(C2CC3CCC2C3)CC1. The molecule has 2 bridgehead atoms. The fraction of sp³-hybridized carbons (Fsp3) is 0.632. The molecule has 3 aliphatic rings. The minimum Gasteiger partial charge on any atom is -0.336 e. The van der Waals surface area contributed by atoms with Crippen LogP contribution in [-0.2, 0) is 0 Å². The number of fused-ring (bicyclic) bond motifs is 3. The lowest BCUT2D eigenvalue weighted by Crippen LogP contribution is -2.53. The molecular formula is C19H25N5O. The number of rotatable bonds is 2. The van der Waals surface area contributed by atoms with Gasteiger partial charge in [0, 0.05) is 44.6 Å². The first kappa shape index (κ1) is 15.3. The maximum absolute atomic E-state index is 13.1. The second-order valence-corrected chi connectivity index (χ2v) is 7.92. The molecule has 0 aromatic carbocycles. The van der Waals surface area contributed by atoms with Gasteiger partial charge in [-0.05, 0) is 44.1 Å². The van der Waals surface area contributed by atoms with Gasteiger partial charge < -0.3 is 4.90 Å². The van der Waals surface area contributed by atoms with Gasteiger partial charge in [-0.3, -0.25) is 9.69 Å². The zero-order valence-corrected chi connectivity index (χ0v) is 14.8. The second-order valence-electron chi connectivity index (χ2n) is 7.92. The first-order valence-electron chi connectivity index (χ1n) is 9.54. The third kappa shape index (κ3) is 2.46. The molecule has 132 valence electrons. The Morgan fingerprint density at radius 3 is 2.72 bits per heavy atom. The molecule has 1 saturated heterocycles. The highest BCUT2D eigenvalue weighted by atomic mass is 16.2. The Morgan fingerprint density at radius 2 is 2.00 bits per heavy atom. The number of carbonyl (C=O) groups excluding carboxylic acids is 1. The van der Waals surface area contributed by atoms with Crippen molar-refractivity contribution in [2.75, 3.05) is 26.2 Å². The zero-order chi connectivity index (χ0) is 17.0. The van der Waals surface area contributed by atoms with Crippen LogP contribution in [0.3, 0.4) is 0 Å². The molecule has 0 radical (unpaired) electrons. The highest BCUT2D eigenvalue weighted by Gasteiger charge is 2.43. The highest BCUT2D eigenvalue weighted by molar-refractivity contribution is 6.01. The normalized spacial score (nSPS) is 29.6. The summed E-state index contributed by atoms with van der Waals surface area (Å²) >= 11 is 0. The molecule has 0 N–H and O–H groups in total. The van der Waals surface area contributed by atoms with Gasteiger partial charge in [-0.2, -0.15) is 5.10 Å². The Labute approximate surface area is 147 Å². The van der Waals surface area contributed by atoms with Crippen LogP contribution >= 0.6 is 0 Å². The molecule has 1 amide bonds. The number of amides is 1. The molecule has 2 aromatic heterocycles. The van der Waals surface area contributed by atoms with Crippen molar-refractivity contribution in [3.05, 3.63) is 29.7 Å². The van der Waals surface area contributed by atoms with Gasteiger partial charge in [0.2, 0.25) is 0 Å². The highest BCUT2D eigenvalue weighted by Crippen LogP contribution is 2.46. The van der Waals surface area contributed by atoms with E-state index in [-0.39, 0.29) is 5.91 Å². The number of aromatic nitrogens is 3. The number of hydrogen-bond acceptors (Lipinski definition) is 4. The number of hydrogen-bond donors (Lipinski definition) is 0. The van der Waals surface area contributed by atoms with Crippen LogP contribution in [0, 0.1) is 18.8 Å². The van der Waals surface area contributed by atoms with Gasteiger partial charge in [-0.25, -0.2) is 9.50 Å². The number of aryl methyl sites for hydroxylation is 1. The molecule has 0 spiro atoms. The first-order chi connectivity index (χ1) is 12.2. The standard InChI is InChI=1S/C19H25N5O/c1-13-17(18-20-5-2-6-24(18)21-13)19(25)23-9-7-22(8-10-23)16-12-14-3-4-15(16)11-14/h2,5-6,14-16H,3-4,7-12H2,1H3. The molecule has 1 aliphatic heterocycles. The van der Waals surface area contributed by atoms with Crippen molar-refractivity contribution in [3.8, 4) is 0 Å². The van der Waals surface area contributed by atoms with E-state index in [1.54, 1.807) is 10.7 Å². The van der Waals surface area contributed by atoms with Gasteiger partial charge in [-0.1, -0.05) is 6.42 Å². The van der Waals surface area contributed by atoms with Gasteiger partial charge in [0.05, 0.1) is 5.69 Å². The molecule has 3 fully saturated rings. The lowest BCUT2D eigenvalue weighted by atomic mass is 9.93. The van der Waals surface area contributed by atoms with E-state index in [2.05, 4.69) is 15.0 Å². The molecule has 3 heterocycles. The summed E-state index contributed by atoms with van der Waals surface area (Å²) in [6.07, 6.45) is 9.26. The molecule has 3 unspecified atom stereocenters. The van der Waals surface area contributed by atoms with E-state index in [1.807, 2.05) is 24.1 Å². The van der Waals surface area contributed by atoms with Crippen LogP contribution in [0.4, 0.5) is 0 Å². The van der Waals surface area contributed by atoms with Gasteiger partial charge in [-0.15, -0.1) is 0 Å². The van der Waals surface area contributed by atoms with E-state index in [1.165, 1.54) is 25.7 Å². The van der Waals surface area contributed by atoms with Gasteiger partial charge in [0.15, 0.2) is 5.65 Å². The van der Waals surface area contributed by atoms with Gasteiger partial charge >= 0.3 is 0 Å². The maximum Gasteiger partial charge on any atom is 0.259 e. The third-order valence-electron chi connectivity index (χ3n) is 6.56. The topological polar surface area (TPSA) is 53.7 Å². The number of piperazine rings is 1. The summed E-state index contributed by atoms with van der Waals surface area (Å²) in [4.78, 5) is 22.1. The molecule has 2 aromatic rings. The fourth-order valence-corrected chi connectivity index (χ4v) is 5.32. The average molecular weight is 339 g/mol. The number of nitrogens with zero attached hydrogens (tertiary/aromatic N) is 5. The van der Waals surface area contributed by atoms with E-state index >= 15 is 0 Å². The van der Waals surface area contributed by atoms with Crippen molar-refractivity contribution in [2.24, 2.45) is 11.8 Å². The van der Waals surface area contributed by atoms with Crippen LogP contribution in [0.1, 0.15) is 41.7 Å². The summed E-state index contributed by atoms with van der Waals surface area (Å²) in [5, 5.41) is 4.43. The third-order valence-corrected chi connectivity index (χ3v) is 6.56. The molecule has 6 heteroatoms. The monoisotopic (exact) mass is 339 g/mol. The Kier molecular flexibility index (Phi) is 3.55. The van der Waals surface area contributed by atoms with E-state index in [9.17, 15) is 4.79 Å². The second kappa shape index (κ2) is 5.80. The lowest BCUT2D eigenvalue weighted by Gasteiger charge is -2.41. The average Bonchev–Trinajstić information content (AvgIpc) is 3.34. The van der Waals surface area contributed by atoms with Gasteiger partial charge in [0.1, 0.15) is 5.56 Å².